The number of carbonyl (C=O) groups is 1. The van der Waals surface area contributed by atoms with Crippen LogP contribution in [0.5, 0.6) is 0 Å². The molecule has 2 fully saturated rings. The number of hydrogen-bond acceptors (Lipinski definition) is 3. The number of hydrogen-bond donors (Lipinski definition) is 0. The number of alkyl halides is 2. The summed E-state index contributed by atoms with van der Waals surface area (Å²) in [4.78, 5) is 13.6. The van der Waals surface area contributed by atoms with Crippen molar-refractivity contribution in [3.8, 4) is 12.3 Å². The van der Waals surface area contributed by atoms with Gasteiger partial charge in [0.1, 0.15) is 0 Å². The SMILES string of the molecule is C#CCCC1(CCC(=O)N2CCC3(C2)CC3(F)F)N=N1. The maximum absolute atomic E-state index is 13.3. The molecule has 1 aliphatic carbocycles. The lowest BCUT2D eigenvalue weighted by atomic mass is 10.0. The molecule has 20 heavy (non-hydrogen) atoms. The molecular formula is C14H17F2N3O. The van der Waals surface area contributed by atoms with Gasteiger partial charge in [0.05, 0.1) is 5.41 Å². The van der Waals surface area contributed by atoms with E-state index in [2.05, 4.69) is 16.1 Å². The third kappa shape index (κ3) is 2.19. The highest BCUT2D eigenvalue weighted by Gasteiger charge is 2.72. The summed E-state index contributed by atoms with van der Waals surface area (Å²) in [6.45, 7) is 0.643. The third-order valence-electron chi connectivity index (χ3n) is 4.71. The smallest absolute Gasteiger partial charge is 0.256 e. The second-order valence-corrected chi connectivity index (χ2v) is 6.11. The van der Waals surface area contributed by atoms with Gasteiger partial charge in [-0.05, 0) is 6.42 Å². The van der Waals surface area contributed by atoms with Crippen molar-refractivity contribution in [2.24, 2.45) is 15.6 Å². The highest BCUT2D eigenvalue weighted by atomic mass is 19.3. The summed E-state index contributed by atoms with van der Waals surface area (Å²) in [6, 6.07) is 0. The molecule has 0 N–H and O–H groups in total. The molecule has 1 saturated carbocycles. The Morgan fingerprint density at radius 1 is 1.35 bits per heavy atom. The average Bonchev–Trinajstić information content (AvgIpc) is 3.21. The molecule has 0 bridgehead atoms. The molecule has 108 valence electrons. The van der Waals surface area contributed by atoms with Crippen molar-refractivity contribution < 1.29 is 13.6 Å². The van der Waals surface area contributed by atoms with E-state index >= 15 is 0 Å². The second-order valence-electron chi connectivity index (χ2n) is 6.11. The zero-order valence-electron chi connectivity index (χ0n) is 11.2. The topological polar surface area (TPSA) is 45.0 Å². The zero-order chi connectivity index (χ0) is 14.4. The van der Waals surface area contributed by atoms with Gasteiger partial charge in [-0.25, -0.2) is 8.78 Å². The van der Waals surface area contributed by atoms with Crippen LogP contribution in [0.3, 0.4) is 0 Å². The fourth-order valence-electron chi connectivity index (χ4n) is 3.04. The van der Waals surface area contributed by atoms with Crippen molar-refractivity contribution in [3.63, 3.8) is 0 Å². The lowest BCUT2D eigenvalue weighted by Crippen LogP contribution is -2.30. The van der Waals surface area contributed by atoms with Crippen LogP contribution < -0.4 is 0 Å². The summed E-state index contributed by atoms with van der Waals surface area (Å²) in [5.74, 6) is -0.104. The molecule has 0 aromatic carbocycles. The van der Waals surface area contributed by atoms with Crippen molar-refractivity contribution in [2.75, 3.05) is 13.1 Å². The first-order valence-electron chi connectivity index (χ1n) is 6.95. The zero-order valence-corrected chi connectivity index (χ0v) is 11.2. The van der Waals surface area contributed by atoms with Gasteiger partial charge in [0.15, 0.2) is 5.66 Å². The first-order chi connectivity index (χ1) is 9.42. The van der Waals surface area contributed by atoms with Crippen LogP contribution in [0.1, 0.15) is 38.5 Å². The number of terminal acetylenes is 1. The Morgan fingerprint density at radius 3 is 2.55 bits per heavy atom. The Balaban J connectivity index is 1.46. The number of carbonyl (C=O) groups excluding carboxylic acids is 1. The summed E-state index contributed by atoms with van der Waals surface area (Å²) in [7, 11) is 0. The summed E-state index contributed by atoms with van der Waals surface area (Å²) >= 11 is 0. The van der Waals surface area contributed by atoms with E-state index in [1.807, 2.05) is 0 Å². The monoisotopic (exact) mass is 281 g/mol. The molecule has 1 amide bonds. The lowest BCUT2D eigenvalue weighted by molar-refractivity contribution is -0.130. The van der Waals surface area contributed by atoms with Crippen LogP contribution in [-0.4, -0.2) is 35.5 Å². The number of halogens is 2. The highest BCUT2D eigenvalue weighted by Crippen LogP contribution is 2.65. The normalized spacial score (nSPS) is 31.4. The van der Waals surface area contributed by atoms with Crippen LogP contribution in [0.15, 0.2) is 10.2 Å². The molecule has 3 aliphatic rings. The van der Waals surface area contributed by atoms with Crippen molar-refractivity contribution in [2.45, 2.75) is 50.1 Å². The fourth-order valence-corrected chi connectivity index (χ4v) is 3.04. The van der Waals surface area contributed by atoms with Crippen LogP contribution in [0.2, 0.25) is 0 Å². The number of nitrogens with zero attached hydrogens (tertiary/aromatic N) is 3. The van der Waals surface area contributed by atoms with Crippen LogP contribution in [-0.2, 0) is 4.79 Å². The van der Waals surface area contributed by atoms with Crippen LogP contribution in [0, 0.1) is 17.8 Å². The number of amides is 1. The fraction of sp³-hybridized carbons (Fsp3) is 0.786. The minimum Gasteiger partial charge on any atom is -0.342 e. The van der Waals surface area contributed by atoms with E-state index < -0.39 is 17.0 Å². The van der Waals surface area contributed by atoms with Gasteiger partial charge in [-0.1, -0.05) is 0 Å². The van der Waals surface area contributed by atoms with E-state index in [9.17, 15) is 13.6 Å². The van der Waals surface area contributed by atoms with Crippen molar-refractivity contribution in [3.05, 3.63) is 0 Å². The Kier molecular flexibility index (Phi) is 2.86. The Morgan fingerprint density at radius 2 is 2.05 bits per heavy atom. The molecule has 0 aromatic rings. The number of likely N-dealkylation sites (tertiary alicyclic amines) is 1. The predicted molar refractivity (Wildman–Crippen MR) is 68.1 cm³/mol. The predicted octanol–water partition coefficient (Wildman–Crippen LogP) is 2.60. The standard InChI is InChI=1S/C14H17F2N3O/c1-2-3-5-13(17-18-13)6-4-11(20)19-8-7-12(10-19)9-14(12,15)16/h1H,3-10H2. The maximum atomic E-state index is 13.3. The summed E-state index contributed by atoms with van der Waals surface area (Å²) in [6.07, 6.45) is 7.64. The first kappa shape index (κ1) is 13.5. The molecule has 1 spiro atoms. The largest absolute Gasteiger partial charge is 0.342 e. The van der Waals surface area contributed by atoms with Crippen LogP contribution in [0.25, 0.3) is 0 Å². The van der Waals surface area contributed by atoms with Crippen LogP contribution >= 0.6 is 0 Å². The molecule has 1 unspecified atom stereocenters. The quantitative estimate of drug-likeness (QED) is 0.714. The van der Waals surface area contributed by atoms with Gasteiger partial charge in [-0.15, -0.1) is 12.3 Å². The van der Waals surface area contributed by atoms with Crippen molar-refractivity contribution in [1.29, 1.82) is 0 Å². The second kappa shape index (κ2) is 4.24. The van der Waals surface area contributed by atoms with Gasteiger partial charge in [0.2, 0.25) is 5.91 Å². The van der Waals surface area contributed by atoms with Gasteiger partial charge in [-0.2, -0.15) is 10.2 Å². The lowest BCUT2D eigenvalue weighted by Gasteiger charge is -2.17. The summed E-state index contributed by atoms with van der Waals surface area (Å²) in [5.41, 5.74) is -1.39. The average molecular weight is 281 g/mol. The molecular weight excluding hydrogens is 264 g/mol. The molecule has 0 aromatic heterocycles. The van der Waals surface area contributed by atoms with Crippen LogP contribution in [0.4, 0.5) is 8.78 Å². The molecule has 1 saturated heterocycles. The van der Waals surface area contributed by atoms with Gasteiger partial charge in [0.25, 0.3) is 5.92 Å². The minimum atomic E-state index is -2.57. The number of rotatable bonds is 5. The van der Waals surface area contributed by atoms with Gasteiger partial charge in [0, 0.05) is 45.2 Å². The Bertz CT molecular complexity index is 505. The molecule has 4 nitrogen and oxygen atoms in total. The highest BCUT2D eigenvalue weighted by molar-refractivity contribution is 5.76. The Hall–Kier alpha value is -1.51. The first-order valence-corrected chi connectivity index (χ1v) is 6.95. The van der Waals surface area contributed by atoms with Crippen molar-refractivity contribution >= 4 is 5.91 Å². The van der Waals surface area contributed by atoms with E-state index in [1.54, 1.807) is 4.90 Å². The van der Waals surface area contributed by atoms with Gasteiger partial charge >= 0.3 is 0 Å². The van der Waals surface area contributed by atoms with E-state index in [0.717, 1.165) is 0 Å². The van der Waals surface area contributed by atoms with E-state index in [-0.39, 0.29) is 18.9 Å². The minimum absolute atomic E-state index is 0.0676. The van der Waals surface area contributed by atoms with Gasteiger partial charge in [-0.3, -0.25) is 4.79 Å². The molecule has 6 heteroatoms. The van der Waals surface area contributed by atoms with Crippen molar-refractivity contribution in [1.82, 2.24) is 4.90 Å². The van der Waals surface area contributed by atoms with E-state index in [1.165, 1.54) is 0 Å². The molecule has 3 rings (SSSR count). The summed E-state index contributed by atoms with van der Waals surface area (Å²) < 4.78 is 26.5. The molecule has 1 atom stereocenters. The van der Waals surface area contributed by atoms with E-state index in [0.29, 0.717) is 38.6 Å². The molecule has 2 aliphatic heterocycles. The summed E-state index contributed by atoms with van der Waals surface area (Å²) in [5, 5.41) is 7.95. The van der Waals surface area contributed by atoms with Gasteiger partial charge < -0.3 is 4.90 Å². The maximum Gasteiger partial charge on any atom is 0.256 e. The molecule has 2 heterocycles. The Labute approximate surface area is 116 Å². The van der Waals surface area contributed by atoms with E-state index in [4.69, 9.17) is 6.42 Å². The molecule has 0 radical (unpaired) electrons. The third-order valence-corrected chi connectivity index (χ3v) is 4.71.